The van der Waals surface area contributed by atoms with Gasteiger partial charge in [0.15, 0.2) is 11.0 Å². The molecule has 0 amide bonds. The molecule has 4 atom stereocenters. The molecule has 2 heterocycles. The van der Waals surface area contributed by atoms with E-state index in [1.165, 1.54) is 0 Å². The number of nitrogens with zero attached hydrogens (tertiary/aromatic N) is 2. The molecule has 0 aliphatic carbocycles. The summed E-state index contributed by atoms with van der Waals surface area (Å²) in [5.41, 5.74) is 1.28. The number of halogens is 3. The van der Waals surface area contributed by atoms with E-state index < -0.39 is 24.5 Å². The van der Waals surface area contributed by atoms with E-state index in [2.05, 4.69) is 20.9 Å². The zero-order chi connectivity index (χ0) is 14.6. The van der Waals surface area contributed by atoms with Gasteiger partial charge in [-0.2, -0.15) is 0 Å². The maximum Gasteiger partial charge on any atom is 0.180 e. The van der Waals surface area contributed by atoms with E-state index in [4.69, 9.17) is 27.9 Å². The highest BCUT2D eigenvalue weighted by Crippen LogP contribution is 2.37. The number of aliphatic hydroxyl groups is 2. The number of hydrogen-bond donors (Lipinski definition) is 2. The molecule has 1 fully saturated rings. The second-order valence-electron chi connectivity index (χ2n) is 4.72. The Morgan fingerprint density at radius 2 is 1.90 bits per heavy atom. The lowest BCUT2D eigenvalue weighted by molar-refractivity contribution is -0.0309. The van der Waals surface area contributed by atoms with E-state index in [9.17, 15) is 10.2 Å². The van der Waals surface area contributed by atoms with Crippen LogP contribution in [0.4, 0.5) is 0 Å². The molecule has 0 saturated carbocycles. The molecule has 20 heavy (non-hydrogen) atoms. The van der Waals surface area contributed by atoms with Gasteiger partial charge in [0.2, 0.25) is 0 Å². The molecule has 8 heteroatoms. The first-order valence-electron chi connectivity index (χ1n) is 5.94. The van der Waals surface area contributed by atoms with Crippen LogP contribution in [0.1, 0.15) is 13.2 Å². The summed E-state index contributed by atoms with van der Waals surface area (Å²) in [6.45, 7) is 1.70. The Labute approximate surface area is 133 Å². The van der Waals surface area contributed by atoms with E-state index in [1.54, 1.807) is 23.6 Å². The average molecular weight is 382 g/mol. The highest BCUT2D eigenvalue weighted by atomic mass is 79.9. The zero-order valence-electron chi connectivity index (χ0n) is 10.3. The van der Waals surface area contributed by atoms with E-state index in [-0.39, 0.29) is 0 Å². The molecule has 5 nitrogen and oxygen atoms in total. The Balaban J connectivity index is 2.17. The Kier molecular flexibility index (Phi) is 3.73. The number of fused-ring (bicyclic) bond motifs is 1. The van der Waals surface area contributed by atoms with E-state index in [1.807, 2.05) is 0 Å². The number of aromatic nitrogens is 2. The number of aliphatic hydroxyl groups excluding tert-OH is 2. The lowest BCUT2D eigenvalue weighted by Gasteiger charge is -2.18. The summed E-state index contributed by atoms with van der Waals surface area (Å²) in [6.07, 6.45) is -3.21. The zero-order valence-corrected chi connectivity index (χ0v) is 13.4. The number of imidazole rings is 1. The van der Waals surface area contributed by atoms with Crippen LogP contribution in [0.2, 0.25) is 10.0 Å². The molecular formula is C12H11BrCl2N2O3. The van der Waals surface area contributed by atoms with E-state index >= 15 is 0 Å². The van der Waals surface area contributed by atoms with Crippen molar-refractivity contribution in [2.24, 2.45) is 0 Å². The minimum Gasteiger partial charge on any atom is -0.388 e. The van der Waals surface area contributed by atoms with Crippen LogP contribution in [-0.2, 0) is 4.74 Å². The van der Waals surface area contributed by atoms with Crippen molar-refractivity contribution < 1.29 is 14.9 Å². The average Bonchev–Trinajstić information content (AvgIpc) is 2.81. The molecule has 1 aromatic carbocycles. The summed E-state index contributed by atoms with van der Waals surface area (Å²) in [5.74, 6) is 0. The fourth-order valence-electron chi connectivity index (χ4n) is 2.34. The third-order valence-corrected chi connectivity index (χ3v) is 4.70. The minimum absolute atomic E-state index is 0.383. The summed E-state index contributed by atoms with van der Waals surface area (Å²) < 4.78 is 7.72. The topological polar surface area (TPSA) is 67.5 Å². The maximum absolute atomic E-state index is 10.1. The SMILES string of the molecule is C[C@@H]1O[C@H](n2c(Br)nc3cc(Cl)c(Cl)cc32)[C@@H](O)[C@H]1O. The minimum atomic E-state index is -1.05. The van der Waals surface area contributed by atoms with Crippen LogP contribution in [0.15, 0.2) is 16.9 Å². The van der Waals surface area contributed by atoms with Crippen molar-refractivity contribution in [1.82, 2.24) is 9.55 Å². The standard InChI is InChI=1S/C12H11BrCl2N2O3/c1-4-9(18)10(19)11(20-4)17-8-3-6(15)5(14)2-7(8)16-12(17)13/h2-4,9-11,18-19H,1H3/t4-,9-,10-,11-/m0/s1. The summed E-state index contributed by atoms with van der Waals surface area (Å²) in [4.78, 5) is 4.31. The summed E-state index contributed by atoms with van der Waals surface area (Å²) in [6, 6.07) is 3.30. The van der Waals surface area contributed by atoms with Gasteiger partial charge in [0.25, 0.3) is 0 Å². The molecule has 2 aromatic rings. The number of hydrogen-bond acceptors (Lipinski definition) is 4. The number of rotatable bonds is 1. The Hall–Kier alpha value is -0.370. The number of benzene rings is 1. The monoisotopic (exact) mass is 380 g/mol. The van der Waals surface area contributed by atoms with Crippen molar-refractivity contribution in [3.63, 3.8) is 0 Å². The summed E-state index contributed by atoms with van der Waals surface area (Å²) in [7, 11) is 0. The van der Waals surface area contributed by atoms with Crippen LogP contribution in [0, 0.1) is 0 Å². The summed E-state index contributed by atoms with van der Waals surface area (Å²) in [5, 5.41) is 20.7. The van der Waals surface area contributed by atoms with Crippen LogP contribution in [0.5, 0.6) is 0 Å². The van der Waals surface area contributed by atoms with Gasteiger partial charge < -0.3 is 14.9 Å². The molecule has 0 spiro atoms. The molecule has 1 aliphatic heterocycles. The van der Waals surface area contributed by atoms with Gasteiger partial charge in [-0.3, -0.25) is 4.57 Å². The van der Waals surface area contributed by atoms with Crippen LogP contribution in [-0.4, -0.2) is 38.1 Å². The highest BCUT2D eigenvalue weighted by Gasteiger charge is 2.42. The summed E-state index contributed by atoms with van der Waals surface area (Å²) >= 11 is 15.3. The van der Waals surface area contributed by atoms with Gasteiger partial charge in [-0.15, -0.1) is 0 Å². The van der Waals surface area contributed by atoms with Gasteiger partial charge in [0.05, 0.1) is 27.2 Å². The molecule has 0 unspecified atom stereocenters. The molecule has 2 N–H and O–H groups in total. The van der Waals surface area contributed by atoms with Gasteiger partial charge in [0, 0.05) is 0 Å². The van der Waals surface area contributed by atoms with E-state index in [0.29, 0.717) is 25.8 Å². The van der Waals surface area contributed by atoms with Crippen molar-refractivity contribution >= 4 is 50.2 Å². The predicted octanol–water partition coefficient (Wildman–Crippen LogP) is 2.74. The molecule has 1 saturated heterocycles. The molecule has 3 rings (SSSR count). The molecule has 0 radical (unpaired) electrons. The fraction of sp³-hybridized carbons (Fsp3) is 0.417. The number of ether oxygens (including phenoxy) is 1. The second kappa shape index (κ2) is 5.12. The third-order valence-electron chi connectivity index (χ3n) is 3.42. The van der Waals surface area contributed by atoms with Crippen molar-refractivity contribution in [2.75, 3.05) is 0 Å². The van der Waals surface area contributed by atoms with Crippen LogP contribution < -0.4 is 0 Å². The highest BCUT2D eigenvalue weighted by molar-refractivity contribution is 9.10. The van der Waals surface area contributed by atoms with Crippen LogP contribution in [0.25, 0.3) is 11.0 Å². The molecule has 1 aromatic heterocycles. The van der Waals surface area contributed by atoms with Crippen molar-refractivity contribution in [2.45, 2.75) is 31.5 Å². The smallest absolute Gasteiger partial charge is 0.180 e. The second-order valence-corrected chi connectivity index (χ2v) is 6.24. The largest absolute Gasteiger partial charge is 0.388 e. The Bertz CT molecular complexity index is 678. The van der Waals surface area contributed by atoms with E-state index in [0.717, 1.165) is 0 Å². The van der Waals surface area contributed by atoms with Crippen molar-refractivity contribution in [3.8, 4) is 0 Å². The molecule has 108 valence electrons. The Morgan fingerprint density at radius 1 is 1.25 bits per heavy atom. The van der Waals surface area contributed by atoms with Gasteiger partial charge in [0.1, 0.15) is 12.2 Å². The predicted molar refractivity (Wildman–Crippen MR) is 79.1 cm³/mol. The van der Waals surface area contributed by atoms with Crippen LogP contribution in [0.3, 0.4) is 0 Å². The molecular weight excluding hydrogens is 371 g/mol. The maximum atomic E-state index is 10.1. The first-order chi connectivity index (χ1) is 9.40. The van der Waals surface area contributed by atoms with Crippen LogP contribution >= 0.6 is 39.1 Å². The van der Waals surface area contributed by atoms with Gasteiger partial charge in [-0.05, 0) is 35.0 Å². The van der Waals surface area contributed by atoms with Crippen molar-refractivity contribution in [1.29, 1.82) is 0 Å². The fourth-order valence-corrected chi connectivity index (χ4v) is 3.24. The first-order valence-corrected chi connectivity index (χ1v) is 7.49. The third kappa shape index (κ3) is 2.15. The van der Waals surface area contributed by atoms with Gasteiger partial charge >= 0.3 is 0 Å². The normalized spacial score (nSPS) is 30.3. The molecule has 1 aliphatic rings. The lowest BCUT2D eigenvalue weighted by Crippen LogP contribution is -2.30. The van der Waals surface area contributed by atoms with Crippen molar-refractivity contribution in [3.05, 3.63) is 26.9 Å². The molecule has 0 bridgehead atoms. The quantitative estimate of drug-likeness (QED) is 0.796. The van der Waals surface area contributed by atoms with Gasteiger partial charge in [-0.25, -0.2) is 4.98 Å². The lowest BCUT2D eigenvalue weighted by atomic mass is 10.1. The Morgan fingerprint density at radius 3 is 2.50 bits per heavy atom. The van der Waals surface area contributed by atoms with Gasteiger partial charge in [-0.1, -0.05) is 23.2 Å². The first kappa shape index (κ1) is 14.6.